The van der Waals surface area contributed by atoms with Gasteiger partial charge in [0.15, 0.2) is 0 Å². The van der Waals surface area contributed by atoms with Crippen LogP contribution in [0.2, 0.25) is 5.02 Å². The van der Waals surface area contributed by atoms with E-state index < -0.39 is 6.04 Å². The van der Waals surface area contributed by atoms with E-state index in [-0.39, 0.29) is 18.1 Å². The maximum absolute atomic E-state index is 13.8. The molecule has 5 nitrogen and oxygen atoms in total. The number of hydrogen-bond acceptors (Lipinski definition) is 4. The minimum absolute atomic E-state index is 0.111. The minimum atomic E-state index is -0.567. The summed E-state index contributed by atoms with van der Waals surface area (Å²) < 4.78 is 15.6. The van der Waals surface area contributed by atoms with Crippen molar-refractivity contribution in [3.8, 4) is 10.6 Å². The molecule has 0 saturated carbocycles. The first-order valence-corrected chi connectivity index (χ1v) is 10.5. The van der Waals surface area contributed by atoms with E-state index in [4.69, 9.17) is 11.6 Å². The van der Waals surface area contributed by atoms with Crippen LogP contribution in [0.4, 0.5) is 4.39 Å². The van der Waals surface area contributed by atoms with Crippen molar-refractivity contribution in [1.29, 1.82) is 0 Å². The molecule has 0 saturated heterocycles. The Balaban J connectivity index is 1.52. The van der Waals surface area contributed by atoms with Gasteiger partial charge in [-0.2, -0.15) is 0 Å². The van der Waals surface area contributed by atoms with Crippen LogP contribution >= 0.6 is 22.9 Å². The number of amides is 1. The van der Waals surface area contributed by atoms with Gasteiger partial charge in [-0.15, -0.1) is 11.3 Å². The highest BCUT2D eigenvalue weighted by Gasteiger charge is 2.22. The van der Waals surface area contributed by atoms with E-state index in [0.717, 1.165) is 10.6 Å². The number of halogens is 2. The number of imidazole rings is 1. The molecule has 2 heterocycles. The highest BCUT2D eigenvalue weighted by atomic mass is 35.5. The van der Waals surface area contributed by atoms with Crippen LogP contribution in [0.15, 0.2) is 66.3 Å². The van der Waals surface area contributed by atoms with Gasteiger partial charge in [0, 0.05) is 35.4 Å². The number of carbonyl (C=O) groups excluding carboxylic acids is 1. The number of rotatable bonds is 6. The SMILES string of the molecule is Cn1ccnc1[C@H](NC(=O)Cc1csc(-c2ccc(Cl)cc2)n1)c1cccc(F)c1. The molecule has 1 amide bonds. The molecule has 1 N–H and O–H groups in total. The third kappa shape index (κ3) is 4.58. The van der Waals surface area contributed by atoms with Crippen molar-refractivity contribution in [2.45, 2.75) is 12.5 Å². The smallest absolute Gasteiger partial charge is 0.226 e. The number of nitrogens with zero attached hydrogens (tertiary/aromatic N) is 3. The van der Waals surface area contributed by atoms with Gasteiger partial charge in [-0.3, -0.25) is 4.79 Å². The van der Waals surface area contributed by atoms with E-state index in [2.05, 4.69) is 15.3 Å². The van der Waals surface area contributed by atoms with Crippen molar-refractivity contribution in [2.24, 2.45) is 7.05 Å². The average Bonchev–Trinajstić information content (AvgIpc) is 3.36. The molecule has 0 spiro atoms. The van der Waals surface area contributed by atoms with Gasteiger partial charge in [0.25, 0.3) is 0 Å². The number of benzene rings is 2. The van der Waals surface area contributed by atoms with Crippen LogP contribution in [-0.4, -0.2) is 20.4 Å². The van der Waals surface area contributed by atoms with Crippen molar-refractivity contribution >= 4 is 28.8 Å². The maximum Gasteiger partial charge on any atom is 0.226 e. The first-order valence-electron chi connectivity index (χ1n) is 9.22. The second kappa shape index (κ2) is 8.77. The van der Waals surface area contributed by atoms with Crippen molar-refractivity contribution in [3.63, 3.8) is 0 Å². The molecular formula is C22H18ClFN4OS. The predicted octanol–water partition coefficient (Wildman–Crippen LogP) is 4.78. The van der Waals surface area contributed by atoms with Crippen LogP contribution in [0.25, 0.3) is 10.6 Å². The van der Waals surface area contributed by atoms with E-state index in [0.29, 0.717) is 22.1 Å². The Bertz CT molecular complexity index is 1170. The molecule has 2 aromatic heterocycles. The summed E-state index contributed by atoms with van der Waals surface area (Å²) in [5, 5.41) is 6.31. The Morgan fingerprint density at radius 2 is 2.07 bits per heavy atom. The van der Waals surface area contributed by atoms with Gasteiger partial charge in [0.2, 0.25) is 5.91 Å². The molecule has 4 aromatic rings. The molecule has 0 aliphatic rings. The van der Waals surface area contributed by atoms with E-state index in [1.807, 2.05) is 24.6 Å². The zero-order valence-electron chi connectivity index (χ0n) is 16.0. The molecule has 0 unspecified atom stereocenters. The van der Waals surface area contributed by atoms with Crippen LogP contribution < -0.4 is 5.32 Å². The summed E-state index contributed by atoms with van der Waals surface area (Å²) in [5.41, 5.74) is 2.24. The Kier molecular flexibility index (Phi) is 5.92. The molecule has 30 heavy (non-hydrogen) atoms. The standard InChI is InChI=1S/C22H18ClFN4OS/c1-28-10-9-25-21(28)20(15-3-2-4-17(24)11-15)27-19(29)12-18-13-30-22(26-18)14-5-7-16(23)8-6-14/h2-11,13,20H,12H2,1H3,(H,27,29)/t20-/m1/s1. The number of nitrogens with one attached hydrogen (secondary N) is 1. The van der Waals surface area contributed by atoms with E-state index in [1.54, 1.807) is 41.2 Å². The van der Waals surface area contributed by atoms with Crippen molar-refractivity contribution < 1.29 is 9.18 Å². The fourth-order valence-corrected chi connectivity index (χ4v) is 4.08. The summed E-state index contributed by atoms with van der Waals surface area (Å²) >= 11 is 7.40. The number of aryl methyl sites for hydroxylation is 1. The maximum atomic E-state index is 13.8. The lowest BCUT2D eigenvalue weighted by Gasteiger charge is -2.19. The fourth-order valence-electron chi connectivity index (χ4n) is 3.13. The number of hydrogen-bond donors (Lipinski definition) is 1. The van der Waals surface area contributed by atoms with Gasteiger partial charge in [-0.1, -0.05) is 35.9 Å². The Hall–Kier alpha value is -3.03. The average molecular weight is 441 g/mol. The van der Waals surface area contributed by atoms with Crippen LogP contribution in [-0.2, 0) is 18.3 Å². The summed E-state index contributed by atoms with van der Waals surface area (Å²) in [4.78, 5) is 21.7. The van der Waals surface area contributed by atoms with E-state index >= 15 is 0 Å². The normalized spacial score (nSPS) is 12.0. The molecule has 0 fully saturated rings. The Morgan fingerprint density at radius 1 is 1.27 bits per heavy atom. The molecule has 0 radical (unpaired) electrons. The largest absolute Gasteiger partial charge is 0.342 e. The molecule has 0 aliphatic heterocycles. The summed E-state index contributed by atoms with van der Waals surface area (Å²) in [6.07, 6.45) is 3.54. The number of carbonyl (C=O) groups is 1. The summed E-state index contributed by atoms with van der Waals surface area (Å²) in [6.45, 7) is 0. The second-order valence-corrected chi connectivity index (χ2v) is 8.07. The zero-order valence-corrected chi connectivity index (χ0v) is 17.6. The van der Waals surface area contributed by atoms with Gasteiger partial charge in [0.05, 0.1) is 12.1 Å². The van der Waals surface area contributed by atoms with Gasteiger partial charge in [-0.25, -0.2) is 14.4 Å². The second-order valence-electron chi connectivity index (χ2n) is 6.78. The predicted molar refractivity (Wildman–Crippen MR) is 116 cm³/mol. The molecule has 0 aliphatic carbocycles. The molecular weight excluding hydrogens is 423 g/mol. The Morgan fingerprint density at radius 3 is 2.77 bits per heavy atom. The van der Waals surface area contributed by atoms with E-state index in [1.165, 1.54) is 23.5 Å². The van der Waals surface area contributed by atoms with Crippen LogP contribution in [0, 0.1) is 5.82 Å². The van der Waals surface area contributed by atoms with Gasteiger partial charge < -0.3 is 9.88 Å². The van der Waals surface area contributed by atoms with Crippen molar-refractivity contribution in [1.82, 2.24) is 19.9 Å². The lowest BCUT2D eigenvalue weighted by molar-refractivity contribution is -0.121. The minimum Gasteiger partial charge on any atom is -0.342 e. The van der Waals surface area contributed by atoms with Gasteiger partial charge in [-0.05, 0) is 29.8 Å². The quantitative estimate of drug-likeness (QED) is 0.469. The summed E-state index contributed by atoms with van der Waals surface area (Å²) in [7, 11) is 1.83. The third-order valence-corrected chi connectivity index (χ3v) is 5.78. The molecule has 4 rings (SSSR count). The first kappa shape index (κ1) is 20.3. The highest BCUT2D eigenvalue weighted by Crippen LogP contribution is 2.26. The lowest BCUT2D eigenvalue weighted by atomic mass is 10.1. The fraction of sp³-hybridized carbons (Fsp3) is 0.136. The van der Waals surface area contributed by atoms with Crippen molar-refractivity contribution in [3.05, 3.63) is 94.2 Å². The molecule has 2 aromatic carbocycles. The Labute approximate surface area is 182 Å². The summed E-state index contributed by atoms with van der Waals surface area (Å²) in [6, 6.07) is 13.0. The third-order valence-electron chi connectivity index (χ3n) is 4.59. The monoisotopic (exact) mass is 440 g/mol. The van der Waals surface area contributed by atoms with Crippen LogP contribution in [0.3, 0.4) is 0 Å². The number of aromatic nitrogens is 3. The summed E-state index contributed by atoms with van der Waals surface area (Å²) in [5.74, 6) is 0.0300. The first-order chi connectivity index (χ1) is 14.5. The van der Waals surface area contributed by atoms with Crippen molar-refractivity contribution in [2.75, 3.05) is 0 Å². The van der Waals surface area contributed by atoms with Crippen LogP contribution in [0.1, 0.15) is 23.1 Å². The molecule has 1 atom stereocenters. The van der Waals surface area contributed by atoms with Gasteiger partial charge in [0.1, 0.15) is 22.7 Å². The zero-order chi connectivity index (χ0) is 21.1. The molecule has 152 valence electrons. The lowest BCUT2D eigenvalue weighted by Crippen LogP contribution is -2.32. The van der Waals surface area contributed by atoms with E-state index in [9.17, 15) is 9.18 Å². The van der Waals surface area contributed by atoms with Gasteiger partial charge >= 0.3 is 0 Å². The molecule has 8 heteroatoms. The highest BCUT2D eigenvalue weighted by molar-refractivity contribution is 7.13. The number of thiazole rings is 1. The molecule has 0 bridgehead atoms. The van der Waals surface area contributed by atoms with Crippen LogP contribution in [0.5, 0.6) is 0 Å². The topological polar surface area (TPSA) is 59.8 Å².